The first-order valence-corrected chi connectivity index (χ1v) is 6.04. The van der Waals surface area contributed by atoms with E-state index in [4.69, 9.17) is 5.11 Å². The van der Waals surface area contributed by atoms with Crippen LogP contribution >= 0.6 is 27.3 Å². The van der Waals surface area contributed by atoms with Gasteiger partial charge in [0.15, 0.2) is 0 Å². The van der Waals surface area contributed by atoms with Crippen molar-refractivity contribution in [3.8, 4) is 0 Å². The third-order valence-corrected chi connectivity index (χ3v) is 4.15. The second-order valence-electron chi connectivity index (χ2n) is 3.28. The third kappa shape index (κ3) is 1.79. The molecule has 1 atom stereocenters. The van der Waals surface area contributed by atoms with Crippen molar-refractivity contribution in [3.05, 3.63) is 20.8 Å². The Morgan fingerprint density at radius 1 is 1.64 bits per heavy atom. The minimum absolute atomic E-state index is 0.0730. The van der Waals surface area contributed by atoms with Crippen LogP contribution in [0.4, 0.5) is 4.79 Å². The van der Waals surface area contributed by atoms with E-state index in [0.29, 0.717) is 6.54 Å². The second-order valence-corrected chi connectivity index (χ2v) is 5.77. The minimum atomic E-state index is -0.808. The van der Waals surface area contributed by atoms with Crippen LogP contribution in [0.5, 0.6) is 0 Å². The number of hydrogen-bond donors (Lipinski definition) is 1. The molecule has 2 heterocycles. The molecule has 1 fully saturated rings. The molecule has 0 bridgehead atoms. The summed E-state index contributed by atoms with van der Waals surface area (Å²) in [7, 11) is 0. The van der Waals surface area contributed by atoms with Crippen LogP contribution in [0.3, 0.4) is 0 Å². The van der Waals surface area contributed by atoms with Gasteiger partial charge in [0.1, 0.15) is 0 Å². The number of hydrogen-bond acceptors (Lipinski definition) is 2. The Kier molecular flexibility index (Phi) is 2.78. The molecule has 1 unspecified atom stereocenters. The average molecular weight is 276 g/mol. The van der Waals surface area contributed by atoms with Gasteiger partial charge in [-0.25, -0.2) is 4.79 Å². The molecule has 1 aromatic heterocycles. The highest BCUT2D eigenvalue weighted by molar-refractivity contribution is 9.11. The molecule has 0 saturated carbocycles. The predicted octanol–water partition coefficient (Wildman–Crippen LogP) is 3.33. The summed E-state index contributed by atoms with van der Waals surface area (Å²) in [5.41, 5.74) is 0. The van der Waals surface area contributed by atoms with Gasteiger partial charge in [-0.05, 0) is 40.9 Å². The Bertz CT molecular complexity index is 352. The molecule has 2 rings (SSSR count). The van der Waals surface area contributed by atoms with Crippen molar-refractivity contribution in [2.75, 3.05) is 6.54 Å². The molecular weight excluding hydrogens is 266 g/mol. The quantitative estimate of drug-likeness (QED) is 0.854. The summed E-state index contributed by atoms with van der Waals surface area (Å²) in [6, 6.07) is 4.04. The summed E-state index contributed by atoms with van der Waals surface area (Å²) >= 11 is 5.01. The molecule has 1 saturated heterocycles. The number of amides is 1. The van der Waals surface area contributed by atoms with Gasteiger partial charge < -0.3 is 10.0 Å². The summed E-state index contributed by atoms with van der Waals surface area (Å²) in [5, 5.41) is 8.97. The highest BCUT2D eigenvalue weighted by Crippen LogP contribution is 2.37. The lowest BCUT2D eigenvalue weighted by molar-refractivity contribution is 0.141. The largest absolute Gasteiger partial charge is 0.465 e. The summed E-state index contributed by atoms with van der Waals surface area (Å²) in [6.45, 7) is 0.662. The Morgan fingerprint density at radius 3 is 3.00 bits per heavy atom. The smallest absolute Gasteiger partial charge is 0.407 e. The van der Waals surface area contributed by atoms with Crippen LogP contribution in [0.2, 0.25) is 0 Å². The van der Waals surface area contributed by atoms with Gasteiger partial charge >= 0.3 is 6.09 Å². The zero-order chi connectivity index (χ0) is 10.1. The van der Waals surface area contributed by atoms with Gasteiger partial charge in [0.25, 0.3) is 0 Å². The predicted molar refractivity (Wildman–Crippen MR) is 58.7 cm³/mol. The van der Waals surface area contributed by atoms with Crippen LogP contribution in [-0.2, 0) is 0 Å². The maximum Gasteiger partial charge on any atom is 0.407 e. The molecule has 1 aliphatic rings. The number of carboxylic acid groups (broad SMARTS) is 1. The summed E-state index contributed by atoms with van der Waals surface area (Å²) in [4.78, 5) is 13.6. The first kappa shape index (κ1) is 9.98. The Morgan fingerprint density at radius 2 is 2.43 bits per heavy atom. The van der Waals surface area contributed by atoms with E-state index >= 15 is 0 Å². The first-order chi connectivity index (χ1) is 6.68. The van der Waals surface area contributed by atoms with Crippen molar-refractivity contribution >= 4 is 33.4 Å². The standard InChI is InChI=1S/C9H10BrNO2S/c10-8-4-3-7(14-8)6-2-1-5-11(6)9(12)13/h3-4,6H,1-2,5H2,(H,12,13). The van der Waals surface area contributed by atoms with Gasteiger partial charge in [0.2, 0.25) is 0 Å². The van der Waals surface area contributed by atoms with Gasteiger partial charge in [0.05, 0.1) is 9.83 Å². The molecular formula is C9H10BrNO2S. The van der Waals surface area contributed by atoms with Gasteiger partial charge in [-0.3, -0.25) is 0 Å². The van der Waals surface area contributed by atoms with E-state index in [1.54, 1.807) is 11.3 Å². The fourth-order valence-electron chi connectivity index (χ4n) is 1.80. The molecule has 0 spiro atoms. The maximum atomic E-state index is 10.9. The lowest BCUT2D eigenvalue weighted by Gasteiger charge is -2.19. The highest BCUT2D eigenvalue weighted by Gasteiger charge is 2.30. The number of likely N-dealkylation sites (tertiary alicyclic amines) is 1. The van der Waals surface area contributed by atoms with Gasteiger partial charge in [-0.1, -0.05) is 0 Å². The number of nitrogens with zero attached hydrogens (tertiary/aromatic N) is 1. The van der Waals surface area contributed by atoms with Crippen molar-refractivity contribution < 1.29 is 9.90 Å². The monoisotopic (exact) mass is 275 g/mol. The minimum Gasteiger partial charge on any atom is -0.465 e. The van der Waals surface area contributed by atoms with Crippen molar-refractivity contribution in [3.63, 3.8) is 0 Å². The SMILES string of the molecule is O=C(O)N1CCCC1c1ccc(Br)s1. The Labute approximate surface area is 94.5 Å². The third-order valence-electron chi connectivity index (χ3n) is 2.42. The van der Waals surface area contributed by atoms with E-state index < -0.39 is 6.09 Å². The first-order valence-electron chi connectivity index (χ1n) is 4.43. The fraction of sp³-hybridized carbons (Fsp3) is 0.444. The number of halogens is 1. The molecule has 1 N–H and O–H groups in total. The molecule has 5 heteroatoms. The van der Waals surface area contributed by atoms with Crippen LogP contribution in [-0.4, -0.2) is 22.6 Å². The van der Waals surface area contributed by atoms with Crippen LogP contribution in [0.15, 0.2) is 15.9 Å². The van der Waals surface area contributed by atoms with Gasteiger partial charge in [0, 0.05) is 11.4 Å². The van der Waals surface area contributed by atoms with E-state index in [-0.39, 0.29) is 6.04 Å². The van der Waals surface area contributed by atoms with Crippen LogP contribution in [0.25, 0.3) is 0 Å². The Balaban J connectivity index is 2.21. The highest BCUT2D eigenvalue weighted by atomic mass is 79.9. The average Bonchev–Trinajstić information content (AvgIpc) is 2.70. The number of carbonyl (C=O) groups is 1. The topological polar surface area (TPSA) is 40.5 Å². The molecule has 1 aliphatic heterocycles. The van der Waals surface area contributed by atoms with Crippen molar-refractivity contribution in [2.24, 2.45) is 0 Å². The number of thiophene rings is 1. The Hall–Kier alpha value is -0.550. The summed E-state index contributed by atoms with van der Waals surface area (Å²) in [6.07, 6.45) is 1.10. The van der Waals surface area contributed by atoms with Crippen LogP contribution in [0.1, 0.15) is 23.8 Å². The van der Waals surface area contributed by atoms with Gasteiger partial charge in [-0.15, -0.1) is 11.3 Å². The second kappa shape index (κ2) is 3.90. The summed E-state index contributed by atoms with van der Waals surface area (Å²) < 4.78 is 1.06. The molecule has 0 aliphatic carbocycles. The van der Waals surface area contributed by atoms with Crippen LogP contribution < -0.4 is 0 Å². The molecule has 0 radical (unpaired) electrons. The van der Waals surface area contributed by atoms with Crippen molar-refractivity contribution in [1.29, 1.82) is 0 Å². The zero-order valence-electron chi connectivity index (χ0n) is 7.44. The molecule has 76 valence electrons. The van der Waals surface area contributed by atoms with E-state index in [1.807, 2.05) is 12.1 Å². The maximum absolute atomic E-state index is 10.9. The zero-order valence-corrected chi connectivity index (χ0v) is 9.84. The lowest BCUT2D eigenvalue weighted by Crippen LogP contribution is -2.28. The van der Waals surface area contributed by atoms with Crippen LogP contribution in [0, 0.1) is 0 Å². The molecule has 0 aromatic carbocycles. The lowest BCUT2D eigenvalue weighted by atomic mass is 10.2. The fourth-order valence-corrected chi connectivity index (χ4v) is 3.37. The number of rotatable bonds is 1. The van der Waals surface area contributed by atoms with E-state index in [1.165, 1.54) is 4.90 Å². The summed E-state index contributed by atoms with van der Waals surface area (Å²) in [5.74, 6) is 0. The van der Waals surface area contributed by atoms with Gasteiger partial charge in [-0.2, -0.15) is 0 Å². The van der Waals surface area contributed by atoms with Crippen molar-refractivity contribution in [1.82, 2.24) is 4.90 Å². The normalized spacial score (nSPS) is 21.5. The molecule has 3 nitrogen and oxygen atoms in total. The van der Waals surface area contributed by atoms with E-state index in [0.717, 1.165) is 21.5 Å². The van der Waals surface area contributed by atoms with E-state index in [9.17, 15) is 4.79 Å². The van der Waals surface area contributed by atoms with Crippen molar-refractivity contribution in [2.45, 2.75) is 18.9 Å². The van der Waals surface area contributed by atoms with E-state index in [2.05, 4.69) is 15.9 Å². The molecule has 14 heavy (non-hydrogen) atoms. The molecule has 1 amide bonds. The molecule has 1 aromatic rings.